The number of hydrogen-bond acceptors (Lipinski definition) is 5. The maximum Gasteiger partial charge on any atom is 0.251 e. The third-order valence-corrected chi connectivity index (χ3v) is 5.61. The van der Waals surface area contributed by atoms with E-state index in [1.165, 1.54) is 12.8 Å². The number of amides is 1. The Morgan fingerprint density at radius 1 is 1.34 bits per heavy atom. The van der Waals surface area contributed by atoms with E-state index in [0.717, 1.165) is 34.8 Å². The van der Waals surface area contributed by atoms with Crippen molar-refractivity contribution < 1.29 is 9.53 Å². The van der Waals surface area contributed by atoms with Gasteiger partial charge in [-0.25, -0.2) is 9.97 Å². The lowest BCUT2D eigenvalue weighted by Gasteiger charge is -2.22. The summed E-state index contributed by atoms with van der Waals surface area (Å²) in [4.78, 5) is 24.1. The van der Waals surface area contributed by atoms with Crippen LogP contribution in [0.15, 0.2) is 30.5 Å². The fraction of sp³-hybridized carbons (Fsp3) is 0.409. The maximum absolute atomic E-state index is 12.3. The number of aromatic nitrogens is 3. The molecule has 29 heavy (non-hydrogen) atoms. The van der Waals surface area contributed by atoms with Crippen molar-refractivity contribution >= 4 is 22.8 Å². The minimum Gasteiger partial charge on any atom is -0.494 e. The Balaban J connectivity index is 1.74. The van der Waals surface area contributed by atoms with Crippen molar-refractivity contribution in [2.24, 2.45) is 7.05 Å². The van der Waals surface area contributed by atoms with Crippen molar-refractivity contribution in [3.05, 3.63) is 36.0 Å². The quantitative estimate of drug-likeness (QED) is 0.719. The van der Waals surface area contributed by atoms with Gasteiger partial charge in [0.1, 0.15) is 22.9 Å². The molecule has 1 aliphatic heterocycles. The summed E-state index contributed by atoms with van der Waals surface area (Å²) < 4.78 is 7.55. The fourth-order valence-corrected chi connectivity index (χ4v) is 4.08. The zero-order valence-corrected chi connectivity index (χ0v) is 17.4. The lowest BCUT2D eigenvalue weighted by molar-refractivity contribution is 0.0955. The molecule has 152 valence electrons. The fourth-order valence-electron chi connectivity index (χ4n) is 4.08. The molecular formula is C22H27N5O2. The zero-order valence-electron chi connectivity index (χ0n) is 17.4. The Morgan fingerprint density at radius 2 is 2.17 bits per heavy atom. The smallest absolute Gasteiger partial charge is 0.251 e. The number of anilines is 1. The second-order valence-corrected chi connectivity index (χ2v) is 7.49. The molecule has 1 aliphatic rings. The van der Waals surface area contributed by atoms with E-state index >= 15 is 0 Å². The van der Waals surface area contributed by atoms with E-state index in [1.54, 1.807) is 19.2 Å². The summed E-state index contributed by atoms with van der Waals surface area (Å²) in [6, 6.07) is 8.22. The standard InChI is InChI=1S/C22H27N5O2/c1-5-23-22(28)16-11-17-20(18(12-16)29-4)26(3)21(25-17)15-8-9-19(24-13-15)27-10-6-7-14(27)2/h8-9,11-14H,5-7,10H2,1-4H3,(H,23,28). The van der Waals surface area contributed by atoms with Crippen LogP contribution in [-0.2, 0) is 7.05 Å². The molecule has 2 aromatic heterocycles. The van der Waals surface area contributed by atoms with Crippen LogP contribution in [0.3, 0.4) is 0 Å². The molecule has 3 aromatic rings. The van der Waals surface area contributed by atoms with Crippen LogP contribution in [-0.4, -0.2) is 46.7 Å². The molecule has 1 unspecified atom stereocenters. The maximum atomic E-state index is 12.3. The van der Waals surface area contributed by atoms with Crippen LogP contribution in [0.4, 0.5) is 5.82 Å². The Hall–Kier alpha value is -3.09. The summed E-state index contributed by atoms with van der Waals surface area (Å²) >= 11 is 0. The van der Waals surface area contributed by atoms with Crippen LogP contribution in [0.25, 0.3) is 22.4 Å². The molecule has 0 bridgehead atoms. The van der Waals surface area contributed by atoms with Gasteiger partial charge in [0.05, 0.1) is 12.6 Å². The van der Waals surface area contributed by atoms with Crippen molar-refractivity contribution in [2.45, 2.75) is 32.7 Å². The van der Waals surface area contributed by atoms with Crippen LogP contribution in [0.1, 0.15) is 37.0 Å². The molecule has 7 nitrogen and oxygen atoms in total. The molecular weight excluding hydrogens is 366 g/mol. The minimum atomic E-state index is -0.134. The number of carbonyl (C=O) groups excluding carboxylic acids is 1. The van der Waals surface area contributed by atoms with Crippen molar-refractivity contribution in [3.8, 4) is 17.1 Å². The first-order chi connectivity index (χ1) is 14.0. The highest BCUT2D eigenvalue weighted by atomic mass is 16.5. The number of benzene rings is 1. The highest BCUT2D eigenvalue weighted by molar-refractivity contribution is 5.99. The van der Waals surface area contributed by atoms with Crippen molar-refractivity contribution in [3.63, 3.8) is 0 Å². The van der Waals surface area contributed by atoms with E-state index in [4.69, 9.17) is 9.72 Å². The number of ether oxygens (including phenoxy) is 1. The van der Waals surface area contributed by atoms with Crippen LogP contribution in [0, 0.1) is 0 Å². The summed E-state index contributed by atoms with van der Waals surface area (Å²) in [7, 11) is 3.56. The van der Waals surface area contributed by atoms with E-state index in [2.05, 4.69) is 34.3 Å². The third kappa shape index (κ3) is 3.41. The molecule has 0 aliphatic carbocycles. The highest BCUT2D eigenvalue weighted by Crippen LogP contribution is 2.32. The topological polar surface area (TPSA) is 72.3 Å². The number of methoxy groups -OCH3 is 1. The van der Waals surface area contributed by atoms with E-state index in [1.807, 2.05) is 24.7 Å². The number of imidazole rings is 1. The average Bonchev–Trinajstić information content (AvgIpc) is 3.31. The van der Waals surface area contributed by atoms with Gasteiger partial charge in [0.2, 0.25) is 0 Å². The Labute approximate surface area is 170 Å². The number of aryl methyl sites for hydroxylation is 1. The SMILES string of the molecule is CCNC(=O)c1cc(OC)c2c(c1)nc(-c1ccc(N3CCCC3C)nc1)n2C. The Kier molecular flexibility index (Phi) is 5.13. The van der Waals surface area contributed by atoms with E-state index < -0.39 is 0 Å². The number of hydrogen-bond donors (Lipinski definition) is 1. The molecule has 1 amide bonds. The average molecular weight is 393 g/mol. The summed E-state index contributed by atoms with van der Waals surface area (Å²) in [5.41, 5.74) is 3.05. The summed E-state index contributed by atoms with van der Waals surface area (Å²) in [5.74, 6) is 2.29. The predicted octanol–water partition coefficient (Wildman–Crippen LogP) is 3.38. The van der Waals surface area contributed by atoms with E-state index in [9.17, 15) is 4.79 Å². The molecule has 1 fully saturated rings. The largest absolute Gasteiger partial charge is 0.494 e. The Bertz CT molecular complexity index is 1040. The van der Waals surface area contributed by atoms with Gasteiger partial charge in [0.25, 0.3) is 5.91 Å². The summed E-state index contributed by atoms with van der Waals surface area (Å²) in [6.07, 6.45) is 4.30. The van der Waals surface area contributed by atoms with Crippen molar-refractivity contribution in [1.29, 1.82) is 0 Å². The highest BCUT2D eigenvalue weighted by Gasteiger charge is 2.22. The second-order valence-electron chi connectivity index (χ2n) is 7.49. The predicted molar refractivity (Wildman–Crippen MR) is 115 cm³/mol. The second kappa shape index (κ2) is 7.73. The third-order valence-electron chi connectivity index (χ3n) is 5.61. The normalized spacial score (nSPS) is 16.4. The molecule has 1 atom stereocenters. The Morgan fingerprint density at radius 3 is 2.79 bits per heavy atom. The van der Waals surface area contributed by atoms with Gasteiger partial charge >= 0.3 is 0 Å². The molecule has 0 radical (unpaired) electrons. The number of fused-ring (bicyclic) bond motifs is 1. The zero-order chi connectivity index (χ0) is 20.5. The van der Waals surface area contributed by atoms with Gasteiger partial charge < -0.3 is 19.5 Å². The number of nitrogens with one attached hydrogen (secondary N) is 1. The van der Waals surface area contributed by atoms with Gasteiger partial charge in [-0.2, -0.15) is 0 Å². The van der Waals surface area contributed by atoms with Crippen LogP contribution in [0.2, 0.25) is 0 Å². The molecule has 1 aromatic carbocycles. The minimum absolute atomic E-state index is 0.134. The van der Waals surface area contributed by atoms with E-state index in [0.29, 0.717) is 23.9 Å². The molecule has 0 saturated carbocycles. The van der Waals surface area contributed by atoms with Gasteiger partial charge in [-0.3, -0.25) is 4.79 Å². The number of nitrogens with zero attached hydrogens (tertiary/aromatic N) is 4. The molecule has 4 rings (SSSR count). The van der Waals surface area contributed by atoms with Gasteiger partial charge in [-0.1, -0.05) is 0 Å². The number of pyridine rings is 1. The van der Waals surface area contributed by atoms with Gasteiger partial charge in [-0.15, -0.1) is 0 Å². The van der Waals surface area contributed by atoms with Crippen LogP contribution in [0.5, 0.6) is 5.75 Å². The number of carbonyl (C=O) groups is 1. The van der Waals surface area contributed by atoms with Crippen LogP contribution < -0.4 is 15.0 Å². The lowest BCUT2D eigenvalue weighted by atomic mass is 10.1. The first-order valence-corrected chi connectivity index (χ1v) is 10.1. The monoisotopic (exact) mass is 393 g/mol. The summed E-state index contributed by atoms with van der Waals surface area (Å²) in [5, 5.41) is 2.82. The molecule has 1 N–H and O–H groups in total. The molecule has 0 spiro atoms. The molecule has 3 heterocycles. The molecule has 7 heteroatoms. The number of rotatable bonds is 5. The van der Waals surface area contributed by atoms with Gasteiger partial charge in [0.15, 0.2) is 0 Å². The first kappa shape index (κ1) is 19.2. The van der Waals surface area contributed by atoms with Crippen molar-refractivity contribution in [2.75, 3.05) is 25.1 Å². The van der Waals surface area contributed by atoms with Crippen LogP contribution >= 0.6 is 0 Å². The first-order valence-electron chi connectivity index (χ1n) is 10.1. The van der Waals surface area contributed by atoms with Crippen molar-refractivity contribution in [1.82, 2.24) is 19.9 Å². The lowest BCUT2D eigenvalue weighted by Crippen LogP contribution is -2.26. The molecule has 1 saturated heterocycles. The summed E-state index contributed by atoms with van der Waals surface area (Å²) in [6.45, 7) is 5.76. The van der Waals surface area contributed by atoms with Gasteiger partial charge in [-0.05, 0) is 51.0 Å². The van der Waals surface area contributed by atoms with E-state index in [-0.39, 0.29) is 5.91 Å². The van der Waals surface area contributed by atoms with Gasteiger partial charge in [0, 0.05) is 43.5 Å².